The number of amides is 6. The monoisotopic (exact) mass is 1990 g/mol. The molecule has 13 N–H and O–H groups in total. The van der Waals surface area contributed by atoms with Gasteiger partial charge in [-0.1, -0.05) is 112 Å². The van der Waals surface area contributed by atoms with Crippen LogP contribution in [0.4, 0.5) is 14.4 Å². The van der Waals surface area contributed by atoms with Gasteiger partial charge in [0.05, 0.1) is 99.2 Å². The lowest BCUT2D eigenvalue weighted by Crippen LogP contribution is -2.55. The molecule has 3 aliphatic heterocycles. The fraction of sp³-hybridized carbons (Fsp3) is 0.551. The van der Waals surface area contributed by atoms with Gasteiger partial charge in [-0.3, -0.25) is 4.79 Å². The smallest absolute Gasteiger partial charge is 0.315 e. The van der Waals surface area contributed by atoms with E-state index in [0.717, 1.165) is 50.1 Å². The third-order valence-corrected chi connectivity index (χ3v) is 29.1. The maximum atomic E-state index is 14.0. The number of hydrogen-bond donors (Lipinski definition) is 13. The van der Waals surface area contributed by atoms with E-state index in [-0.39, 0.29) is 214 Å². The molecule has 41 heteroatoms. The second kappa shape index (κ2) is 53.9. The zero-order chi connectivity index (χ0) is 94.0. The number of sulfone groups is 1. The van der Waals surface area contributed by atoms with Gasteiger partial charge in [-0.25, -0.2) is 49.1 Å². The Morgan fingerprint density at radius 3 is 1.20 bits per heavy atom. The molecule has 0 radical (unpaired) electrons. The largest absolute Gasteiger partial charge is 0.394 e. The zero-order valence-electron chi connectivity index (χ0n) is 73.4. The molecule has 6 aromatic carbocycles. The highest BCUT2D eigenvalue weighted by atomic mass is 35.5. The van der Waals surface area contributed by atoms with Gasteiger partial charge < -0.3 is 101 Å². The lowest BCUT2D eigenvalue weighted by Gasteiger charge is -2.36. The second-order valence-corrected chi connectivity index (χ2v) is 41.0. The number of aliphatic hydroxyl groups is 5. The number of urea groups is 3. The number of aliphatic hydroxyl groups excluding tert-OH is 5. The number of benzene rings is 6. The molecule has 1 unspecified atom stereocenters. The maximum absolute atomic E-state index is 14.0. The summed E-state index contributed by atoms with van der Waals surface area (Å²) in [5.74, 6) is -0.631. The van der Waals surface area contributed by atoms with E-state index in [1.54, 1.807) is 60.7 Å². The Morgan fingerprint density at radius 1 is 0.415 bits per heavy atom. The number of ketones is 1. The van der Waals surface area contributed by atoms with Crippen LogP contribution in [0.2, 0.25) is 30.1 Å². The van der Waals surface area contributed by atoms with Gasteiger partial charge in [0.25, 0.3) is 0 Å². The predicted molar refractivity (Wildman–Crippen MR) is 500 cm³/mol. The first-order valence-corrected chi connectivity index (χ1v) is 50.5. The van der Waals surface area contributed by atoms with Gasteiger partial charge >= 0.3 is 18.1 Å². The third-order valence-electron chi connectivity index (χ3n) is 22.7. The number of fused-ring (bicyclic) bond motifs is 3. The Labute approximate surface area is 792 Å². The lowest BCUT2D eigenvalue weighted by atomic mass is 9.82. The summed E-state index contributed by atoms with van der Waals surface area (Å²) >= 11 is 39.0. The lowest BCUT2D eigenvalue weighted by molar-refractivity contribution is -0.119. The van der Waals surface area contributed by atoms with Gasteiger partial charge in [-0.2, -0.15) is 0 Å². The molecule has 0 aliphatic carbocycles. The number of halogens is 6. The molecule has 720 valence electrons. The van der Waals surface area contributed by atoms with E-state index in [1.807, 2.05) is 57.5 Å². The number of nitrogens with zero attached hydrogens (tertiary/aromatic N) is 3. The Balaban J connectivity index is 0.709. The summed E-state index contributed by atoms with van der Waals surface area (Å²) in [4.78, 5) is 60.4. The van der Waals surface area contributed by atoms with E-state index in [2.05, 4.69) is 56.0 Å². The Kier molecular flexibility index (Phi) is 44.5. The molecule has 0 saturated heterocycles. The van der Waals surface area contributed by atoms with Crippen molar-refractivity contribution in [2.45, 2.75) is 153 Å². The minimum atomic E-state index is -3.91. The van der Waals surface area contributed by atoms with Crippen molar-refractivity contribution in [3.05, 3.63) is 189 Å². The Morgan fingerprint density at radius 2 is 0.777 bits per heavy atom. The first-order valence-electron chi connectivity index (χ1n) is 43.6. The number of sulfonamides is 2. The number of carbonyl (C=O) groups is 4. The van der Waals surface area contributed by atoms with Crippen LogP contribution in [0.5, 0.6) is 0 Å². The molecule has 0 aromatic heterocycles. The van der Waals surface area contributed by atoms with Crippen LogP contribution in [-0.4, -0.2) is 298 Å². The zero-order valence-corrected chi connectivity index (χ0v) is 80.4. The number of carbonyl (C=O) groups excluding carboxylic acids is 4. The first kappa shape index (κ1) is 107. The van der Waals surface area contributed by atoms with Gasteiger partial charge in [0.15, 0.2) is 9.84 Å². The number of hydrogen-bond acceptors (Lipinski definition) is 24. The average Bonchev–Trinajstić information content (AvgIpc) is 0.779. The first-order chi connectivity index (χ1) is 62.1. The predicted octanol–water partition coefficient (Wildman–Crippen LogP) is 9.10. The average molecular weight is 1990 g/mol. The van der Waals surface area contributed by atoms with Crippen molar-refractivity contribution >= 4 is 123 Å². The van der Waals surface area contributed by atoms with Gasteiger partial charge in [0.2, 0.25) is 20.0 Å². The standard InChI is InChI=1S/C89H123Cl6N11O21S3/c1-104-53-73(70-46-63(90)49-79(93)76(70)56-104)60-13-6-18-67(43-60)128(116,117)42-12-31-123-37-38-124-32-26-98-86(113)96-24-10-22-89(103-88(115)100-52-82(109)84(111)85(112)83(110)59-107,21-5-4-16-66(108)17-9-30-122-36-39-126-34-28-101-129(118,119)68-19-7-14-61(44-68)74-54-105(2)57-77-71(74)47-64(91)50-80(77)94)23-11-25-97-87(114)99-27-33-125-40-41-127-35-29-102-130(120,121)69-20-8-15-62(45-69)75-55-106(3)58-78-72(75)48-65(92)51-81(78)95/h6-8,13-15,18-20,43-51,73-75,82-85,101-102,107,109-112H,4-5,9-12,16-17,21-42,52-59H2,1-3H3,(H2,96,98,113)(H2,97,99,114)(H2,100,103,115)/t73-,74-,75-,82-,83+,84+,85+,89?/m0/s1. The minimum Gasteiger partial charge on any atom is -0.394 e. The van der Waals surface area contributed by atoms with E-state index < -0.39 is 91.1 Å². The molecule has 0 saturated carbocycles. The molecule has 9 rings (SSSR count). The quantitative estimate of drug-likeness (QED) is 0.0158. The van der Waals surface area contributed by atoms with Crippen molar-refractivity contribution in [1.82, 2.24) is 56.0 Å². The molecule has 0 spiro atoms. The van der Waals surface area contributed by atoms with E-state index in [1.165, 1.54) is 12.1 Å². The number of nitrogens with one attached hydrogen (secondary N) is 8. The number of unbranched alkanes of at least 4 members (excludes halogenated alkanes) is 1. The van der Waals surface area contributed by atoms with Crippen LogP contribution in [-0.2, 0) is 82.7 Å². The summed E-state index contributed by atoms with van der Waals surface area (Å²) in [5, 5.41) is 70.8. The molecule has 6 amide bonds. The van der Waals surface area contributed by atoms with Crippen molar-refractivity contribution < 1.29 is 98.4 Å². The molecule has 130 heavy (non-hydrogen) atoms. The number of rotatable bonds is 57. The van der Waals surface area contributed by atoms with Crippen molar-refractivity contribution in [1.29, 1.82) is 0 Å². The topological polar surface area (TPSA) is 433 Å². The van der Waals surface area contributed by atoms with Crippen LogP contribution in [0.25, 0.3) is 0 Å². The second-order valence-electron chi connectivity index (χ2n) is 32.8. The highest BCUT2D eigenvalue weighted by Crippen LogP contribution is 2.43. The van der Waals surface area contributed by atoms with Crippen molar-refractivity contribution in [2.24, 2.45) is 0 Å². The van der Waals surface area contributed by atoms with Crippen LogP contribution < -0.4 is 41.3 Å². The Hall–Kier alpha value is -6.25. The molecule has 0 bridgehead atoms. The van der Waals surface area contributed by atoms with E-state index >= 15 is 0 Å². The molecular formula is C89H123Cl6N11O21S3. The molecule has 3 aliphatic rings. The van der Waals surface area contributed by atoms with Crippen LogP contribution in [0, 0.1) is 0 Å². The molecule has 8 atom stereocenters. The van der Waals surface area contributed by atoms with Gasteiger partial charge in [0, 0.05) is 165 Å². The number of Topliss-reactive ketones (excluding diaryl/α,β-unsaturated/α-hetero) is 1. The van der Waals surface area contributed by atoms with Crippen molar-refractivity contribution in [2.75, 3.05) is 178 Å². The minimum absolute atomic E-state index is 0.00488. The van der Waals surface area contributed by atoms with Crippen LogP contribution in [0.3, 0.4) is 0 Å². The Bertz CT molecular complexity index is 4580. The highest BCUT2D eigenvalue weighted by molar-refractivity contribution is 7.91. The van der Waals surface area contributed by atoms with Crippen LogP contribution >= 0.6 is 69.6 Å². The highest BCUT2D eigenvalue weighted by Gasteiger charge is 2.36. The third kappa shape index (κ3) is 34.2. The summed E-state index contributed by atoms with van der Waals surface area (Å²) in [6, 6.07) is 29.4. The summed E-state index contributed by atoms with van der Waals surface area (Å²) in [6.07, 6.45) is -4.39. The van der Waals surface area contributed by atoms with Crippen LogP contribution in [0.15, 0.2) is 124 Å². The van der Waals surface area contributed by atoms with E-state index in [4.69, 9.17) is 98.0 Å². The molecule has 6 aromatic rings. The fourth-order valence-electron chi connectivity index (χ4n) is 16.1. The maximum Gasteiger partial charge on any atom is 0.315 e. The van der Waals surface area contributed by atoms with Gasteiger partial charge in [0.1, 0.15) is 24.1 Å². The normalized spacial score (nSPS) is 17.0. The molecule has 3 heterocycles. The summed E-state index contributed by atoms with van der Waals surface area (Å²) in [7, 11) is -5.54. The molecular weight excluding hydrogens is 1870 g/mol. The molecule has 32 nitrogen and oxygen atoms in total. The summed E-state index contributed by atoms with van der Waals surface area (Å²) in [6.45, 7) is 4.49. The molecule has 0 fully saturated rings. The van der Waals surface area contributed by atoms with Gasteiger partial charge in [-0.05, 0) is 195 Å². The SMILES string of the molecule is CN1Cc2c(Cl)cc(Cl)cc2[C@H](c2cccc(S(=O)(=O)CCCOCCOCCNC(=O)NCCCC(CCCCC(=O)CCCOCCOCCNS(=O)(=O)c3cccc([C@@H]4CN(C)Cc5c(Cl)cc(Cl)cc54)c3)(CCCNC(=O)NCCOCCOCCNS(=O)(=O)c3cccc([C@@H]4CN(C)Cc5c(Cl)cc(Cl)cc54)c3)NC(=O)NC[C@H](O)[C@@H](O)[C@H](O)[C@H](O)CO)c2)C1. The van der Waals surface area contributed by atoms with Crippen LogP contribution in [0.1, 0.15) is 138 Å². The fourth-order valence-corrected chi connectivity index (χ4v) is 21.3. The van der Waals surface area contributed by atoms with Crippen molar-refractivity contribution in [3.8, 4) is 0 Å². The van der Waals surface area contributed by atoms with E-state index in [0.29, 0.717) is 88.7 Å². The summed E-state index contributed by atoms with van der Waals surface area (Å²) < 4.78 is 120. The van der Waals surface area contributed by atoms with Crippen molar-refractivity contribution in [3.63, 3.8) is 0 Å². The summed E-state index contributed by atoms with van der Waals surface area (Å²) in [5.41, 5.74) is 7.07. The number of likely N-dealkylation sites (N-methyl/N-ethyl adjacent to an activating group) is 3. The number of ether oxygens (including phenoxy) is 6. The van der Waals surface area contributed by atoms with Gasteiger partial charge in [-0.15, -0.1) is 0 Å². The van der Waals surface area contributed by atoms with E-state index in [9.17, 15) is 70.0 Å².